The lowest BCUT2D eigenvalue weighted by Crippen LogP contribution is -2.32. The van der Waals surface area contributed by atoms with E-state index in [1.165, 1.54) is 4.90 Å². The van der Waals surface area contributed by atoms with E-state index in [1.54, 1.807) is 6.92 Å². The highest BCUT2D eigenvalue weighted by molar-refractivity contribution is 6.05. The van der Waals surface area contributed by atoms with E-state index in [0.29, 0.717) is 6.42 Å². The zero-order valence-corrected chi connectivity index (χ0v) is 11.2. The van der Waals surface area contributed by atoms with Crippen LogP contribution >= 0.6 is 0 Å². The number of likely N-dealkylation sites (tertiary alicyclic amines) is 1. The summed E-state index contributed by atoms with van der Waals surface area (Å²) in [6, 6.07) is 9.42. The van der Waals surface area contributed by atoms with Crippen LogP contribution in [0.3, 0.4) is 0 Å². The first-order chi connectivity index (χ1) is 9.06. The molecule has 3 atom stereocenters. The van der Waals surface area contributed by atoms with Gasteiger partial charge in [-0.05, 0) is 18.9 Å². The van der Waals surface area contributed by atoms with E-state index in [9.17, 15) is 14.7 Å². The average molecular weight is 261 g/mol. The first-order valence-corrected chi connectivity index (χ1v) is 6.63. The predicted octanol–water partition coefficient (Wildman–Crippen LogP) is 1.58. The highest BCUT2D eigenvalue weighted by Gasteiger charge is 2.48. The third kappa shape index (κ3) is 2.54. The van der Waals surface area contributed by atoms with Crippen LogP contribution in [0, 0.1) is 11.8 Å². The Kier molecular flexibility index (Phi) is 4.00. The van der Waals surface area contributed by atoms with Gasteiger partial charge in [-0.2, -0.15) is 0 Å². The average Bonchev–Trinajstić information content (AvgIpc) is 2.64. The molecule has 4 nitrogen and oxygen atoms in total. The van der Waals surface area contributed by atoms with E-state index in [2.05, 4.69) is 0 Å². The number of hydrogen-bond donors (Lipinski definition) is 1. The summed E-state index contributed by atoms with van der Waals surface area (Å²) in [5.74, 6) is -1.41. The Balaban J connectivity index is 2.22. The van der Waals surface area contributed by atoms with Crippen LogP contribution in [0.5, 0.6) is 0 Å². The molecular formula is C15H19NO3. The van der Waals surface area contributed by atoms with Gasteiger partial charge in [0.2, 0.25) is 11.8 Å². The van der Waals surface area contributed by atoms with Gasteiger partial charge in [-0.1, -0.05) is 37.3 Å². The second kappa shape index (κ2) is 5.53. The van der Waals surface area contributed by atoms with Crippen LogP contribution in [0.1, 0.15) is 25.8 Å². The van der Waals surface area contributed by atoms with Gasteiger partial charge >= 0.3 is 0 Å². The van der Waals surface area contributed by atoms with E-state index in [1.807, 2.05) is 37.3 Å². The Morgan fingerprint density at radius 3 is 2.32 bits per heavy atom. The van der Waals surface area contributed by atoms with Gasteiger partial charge in [0, 0.05) is 0 Å². The van der Waals surface area contributed by atoms with Crippen LogP contribution < -0.4 is 0 Å². The summed E-state index contributed by atoms with van der Waals surface area (Å²) < 4.78 is 0. The number of hydrogen-bond acceptors (Lipinski definition) is 3. The zero-order valence-electron chi connectivity index (χ0n) is 11.2. The standard InChI is InChI=1S/C15H19NO3/c1-3-12-13(10(2)17)15(19)16(14(12)18)9-11-7-5-4-6-8-11/h4-8,10,12-13,17H,3,9H2,1-2H3/t10?,12-,13-/m0/s1. The molecule has 0 spiro atoms. The fourth-order valence-corrected chi connectivity index (χ4v) is 2.71. The molecule has 1 aromatic carbocycles. The second-order valence-corrected chi connectivity index (χ2v) is 5.03. The molecule has 0 aromatic heterocycles. The maximum atomic E-state index is 12.3. The second-order valence-electron chi connectivity index (χ2n) is 5.03. The van der Waals surface area contributed by atoms with E-state index < -0.39 is 17.9 Å². The summed E-state index contributed by atoms with van der Waals surface area (Å²) in [7, 11) is 0. The normalized spacial score (nSPS) is 24.9. The van der Waals surface area contributed by atoms with E-state index in [-0.39, 0.29) is 18.4 Å². The quantitative estimate of drug-likeness (QED) is 0.837. The fraction of sp³-hybridized carbons (Fsp3) is 0.467. The number of carbonyl (C=O) groups excluding carboxylic acids is 2. The molecule has 4 heteroatoms. The highest BCUT2D eigenvalue weighted by atomic mass is 16.3. The van der Waals surface area contributed by atoms with Crippen LogP contribution in [0.4, 0.5) is 0 Å². The van der Waals surface area contributed by atoms with Crippen molar-refractivity contribution in [3.05, 3.63) is 35.9 Å². The minimum absolute atomic E-state index is 0.165. The SMILES string of the molecule is CC[C@@H]1C(=O)N(Cc2ccccc2)C(=O)[C@H]1C(C)O. The highest BCUT2D eigenvalue weighted by Crippen LogP contribution is 2.32. The summed E-state index contributed by atoms with van der Waals surface area (Å²) in [5.41, 5.74) is 0.922. The molecule has 1 saturated heterocycles. The van der Waals surface area contributed by atoms with Crippen molar-refractivity contribution >= 4 is 11.8 Å². The number of benzene rings is 1. The van der Waals surface area contributed by atoms with Gasteiger partial charge in [0.05, 0.1) is 24.5 Å². The number of carbonyl (C=O) groups is 2. The molecule has 1 N–H and O–H groups in total. The topological polar surface area (TPSA) is 57.6 Å². The Morgan fingerprint density at radius 2 is 1.84 bits per heavy atom. The Hall–Kier alpha value is -1.68. The predicted molar refractivity (Wildman–Crippen MR) is 71.0 cm³/mol. The summed E-state index contributed by atoms with van der Waals surface area (Å²) in [6.07, 6.45) is -0.215. The number of imide groups is 1. The van der Waals surface area contributed by atoms with Crippen LogP contribution in [0.15, 0.2) is 30.3 Å². The minimum Gasteiger partial charge on any atom is -0.393 e. The van der Waals surface area contributed by atoms with Crippen molar-refractivity contribution in [1.29, 1.82) is 0 Å². The molecule has 1 heterocycles. The maximum absolute atomic E-state index is 12.3. The molecule has 1 unspecified atom stereocenters. The van der Waals surface area contributed by atoms with Crippen molar-refractivity contribution in [2.75, 3.05) is 0 Å². The number of aliphatic hydroxyl groups excluding tert-OH is 1. The molecule has 102 valence electrons. The number of rotatable bonds is 4. The Labute approximate surface area is 113 Å². The molecule has 0 bridgehead atoms. The molecule has 2 rings (SSSR count). The third-order valence-corrected chi connectivity index (χ3v) is 3.71. The van der Waals surface area contributed by atoms with Crippen molar-refractivity contribution in [2.45, 2.75) is 32.9 Å². The summed E-state index contributed by atoms with van der Waals surface area (Å²) in [4.78, 5) is 25.8. The summed E-state index contributed by atoms with van der Waals surface area (Å²) in [5, 5.41) is 9.73. The fourth-order valence-electron chi connectivity index (χ4n) is 2.71. The molecule has 0 radical (unpaired) electrons. The number of amides is 2. The molecule has 1 aliphatic heterocycles. The summed E-state index contributed by atoms with van der Waals surface area (Å²) in [6.45, 7) is 3.74. The van der Waals surface area contributed by atoms with Gasteiger partial charge in [-0.3, -0.25) is 14.5 Å². The smallest absolute Gasteiger partial charge is 0.236 e. The van der Waals surface area contributed by atoms with Crippen molar-refractivity contribution < 1.29 is 14.7 Å². The summed E-state index contributed by atoms with van der Waals surface area (Å²) >= 11 is 0. The lowest BCUT2D eigenvalue weighted by molar-refractivity contribution is -0.141. The molecule has 0 saturated carbocycles. The van der Waals surface area contributed by atoms with Crippen molar-refractivity contribution in [1.82, 2.24) is 4.90 Å². The lowest BCUT2D eigenvalue weighted by Gasteiger charge is -2.16. The first-order valence-electron chi connectivity index (χ1n) is 6.63. The van der Waals surface area contributed by atoms with Crippen molar-refractivity contribution in [2.24, 2.45) is 11.8 Å². The largest absolute Gasteiger partial charge is 0.393 e. The van der Waals surface area contributed by atoms with Gasteiger partial charge in [-0.25, -0.2) is 0 Å². The molecular weight excluding hydrogens is 242 g/mol. The van der Waals surface area contributed by atoms with Crippen molar-refractivity contribution in [3.8, 4) is 0 Å². The van der Waals surface area contributed by atoms with Gasteiger partial charge in [-0.15, -0.1) is 0 Å². The Morgan fingerprint density at radius 1 is 1.21 bits per heavy atom. The van der Waals surface area contributed by atoms with Crippen LogP contribution in [0.2, 0.25) is 0 Å². The first kappa shape index (κ1) is 13.7. The van der Waals surface area contributed by atoms with Gasteiger partial charge in [0.1, 0.15) is 0 Å². The zero-order chi connectivity index (χ0) is 14.0. The molecule has 1 aromatic rings. The molecule has 19 heavy (non-hydrogen) atoms. The number of nitrogens with zero attached hydrogens (tertiary/aromatic N) is 1. The van der Waals surface area contributed by atoms with Gasteiger partial charge in [0.25, 0.3) is 0 Å². The molecule has 2 amide bonds. The van der Waals surface area contributed by atoms with Crippen LogP contribution in [-0.2, 0) is 16.1 Å². The molecule has 0 aliphatic carbocycles. The maximum Gasteiger partial charge on any atom is 0.236 e. The molecule has 1 fully saturated rings. The van der Waals surface area contributed by atoms with Crippen LogP contribution in [0.25, 0.3) is 0 Å². The van der Waals surface area contributed by atoms with E-state index >= 15 is 0 Å². The number of aliphatic hydroxyl groups is 1. The van der Waals surface area contributed by atoms with Crippen LogP contribution in [-0.4, -0.2) is 27.9 Å². The van der Waals surface area contributed by atoms with Gasteiger partial charge < -0.3 is 5.11 Å². The Bertz CT molecular complexity index is 470. The minimum atomic E-state index is -0.790. The monoisotopic (exact) mass is 261 g/mol. The van der Waals surface area contributed by atoms with E-state index in [0.717, 1.165) is 5.56 Å². The van der Waals surface area contributed by atoms with E-state index in [4.69, 9.17) is 0 Å². The van der Waals surface area contributed by atoms with Gasteiger partial charge in [0.15, 0.2) is 0 Å². The van der Waals surface area contributed by atoms with Crippen molar-refractivity contribution in [3.63, 3.8) is 0 Å². The third-order valence-electron chi connectivity index (χ3n) is 3.71. The lowest BCUT2D eigenvalue weighted by atomic mass is 9.89. The molecule has 1 aliphatic rings.